The smallest absolute Gasteiger partial charge is 0.351 e. The highest BCUT2D eigenvalue weighted by molar-refractivity contribution is 5.91. The minimum absolute atomic E-state index is 0.0148. The lowest BCUT2D eigenvalue weighted by molar-refractivity contribution is 0.0691. The monoisotopic (exact) mass is 351 g/mol. The number of halogens is 1. The van der Waals surface area contributed by atoms with Gasteiger partial charge in [-0.05, 0) is 33.3 Å². The maximum Gasteiger partial charge on any atom is 0.351 e. The molecule has 1 aromatic carbocycles. The fraction of sp³-hybridized carbons (Fsp3) is 0.471. The summed E-state index contributed by atoms with van der Waals surface area (Å²) in [6.07, 6.45) is 1.60. The third-order valence-corrected chi connectivity index (χ3v) is 3.76. The van der Waals surface area contributed by atoms with Crippen molar-refractivity contribution in [3.8, 4) is 11.4 Å². The van der Waals surface area contributed by atoms with Crippen LogP contribution in [0.4, 0.5) is 4.39 Å². The maximum atomic E-state index is 14.5. The molecular weight excluding hydrogens is 329 g/mol. The molecule has 2 aromatic rings. The van der Waals surface area contributed by atoms with Crippen LogP contribution in [0.3, 0.4) is 0 Å². The molecular formula is C17H22FN3O4. The highest BCUT2D eigenvalue weighted by Crippen LogP contribution is 2.25. The van der Waals surface area contributed by atoms with Crippen LogP contribution >= 0.6 is 0 Å². The van der Waals surface area contributed by atoms with E-state index in [0.717, 1.165) is 23.6 Å². The number of carboxylic acids is 1. The number of aryl methyl sites for hydroxylation is 1. The van der Waals surface area contributed by atoms with Crippen LogP contribution in [0.1, 0.15) is 55.8 Å². The number of unbranched alkanes of at least 4 members (excludes halogenated alkanes) is 1. The van der Waals surface area contributed by atoms with E-state index in [1.54, 1.807) is 6.92 Å². The van der Waals surface area contributed by atoms with E-state index in [9.17, 15) is 19.1 Å². The lowest BCUT2D eigenvalue weighted by Gasteiger charge is -2.11. The lowest BCUT2D eigenvalue weighted by atomic mass is 10.1. The molecule has 1 heterocycles. The van der Waals surface area contributed by atoms with Crippen molar-refractivity contribution in [2.24, 2.45) is 0 Å². The predicted octanol–water partition coefficient (Wildman–Crippen LogP) is 2.94. The Labute approximate surface area is 144 Å². The number of aromatic carboxylic acids is 1. The minimum Gasteiger partial charge on any atom is -0.493 e. The summed E-state index contributed by atoms with van der Waals surface area (Å²) in [6, 6.07) is 1.94. The van der Waals surface area contributed by atoms with Gasteiger partial charge in [0.25, 0.3) is 0 Å². The molecule has 0 bridgehead atoms. The van der Waals surface area contributed by atoms with Crippen molar-refractivity contribution < 1.29 is 19.0 Å². The average Bonchev–Trinajstić information content (AvgIpc) is 2.83. The molecule has 25 heavy (non-hydrogen) atoms. The number of carboxylic acid groups (broad SMARTS) is 1. The summed E-state index contributed by atoms with van der Waals surface area (Å²) in [7, 11) is 0. The van der Waals surface area contributed by atoms with Gasteiger partial charge in [0.15, 0.2) is 0 Å². The van der Waals surface area contributed by atoms with Crippen LogP contribution in [0, 0.1) is 12.7 Å². The van der Waals surface area contributed by atoms with Gasteiger partial charge in [-0.1, -0.05) is 13.3 Å². The van der Waals surface area contributed by atoms with E-state index < -0.39 is 17.5 Å². The Morgan fingerprint density at radius 1 is 1.40 bits per heavy atom. The van der Waals surface area contributed by atoms with Crippen LogP contribution in [-0.4, -0.2) is 32.0 Å². The molecule has 0 aliphatic carbocycles. The second-order valence-electron chi connectivity index (χ2n) is 6.01. The molecule has 0 saturated carbocycles. The quantitative estimate of drug-likeness (QED) is 0.775. The first-order chi connectivity index (χ1) is 11.8. The molecule has 0 fully saturated rings. The van der Waals surface area contributed by atoms with Crippen molar-refractivity contribution in [3.05, 3.63) is 39.8 Å². The Morgan fingerprint density at radius 3 is 2.60 bits per heavy atom. The molecule has 136 valence electrons. The Hall–Kier alpha value is -2.64. The second-order valence-corrected chi connectivity index (χ2v) is 6.01. The van der Waals surface area contributed by atoms with Crippen LogP contribution in [0.25, 0.3) is 5.69 Å². The zero-order chi connectivity index (χ0) is 18.7. The van der Waals surface area contributed by atoms with Gasteiger partial charge >= 0.3 is 11.7 Å². The molecule has 0 atom stereocenters. The van der Waals surface area contributed by atoms with Crippen LogP contribution in [0.5, 0.6) is 5.75 Å². The van der Waals surface area contributed by atoms with Gasteiger partial charge in [0.1, 0.15) is 28.6 Å². The van der Waals surface area contributed by atoms with E-state index in [0.29, 0.717) is 12.4 Å². The second kappa shape index (κ2) is 7.50. The number of benzene rings is 1. The van der Waals surface area contributed by atoms with Crippen LogP contribution in [0.15, 0.2) is 16.9 Å². The Morgan fingerprint density at radius 2 is 2.08 bits per heavy atom. The topological polar surface area (TPSA) is 86.4 Å². The van der Waals surface area contributed by atoms with Crippen LogP contribution in [0.2, 0.25) is 0 Å². The number of ether oxygens (including phenoxy) is 1. The van der Waals surface area contributed by atoms with E-state index in [4.69, 9.17) is 4.74 Å². The van der Waals surface area contributed by atoms with Crippen molar-refractivity contribution in [2.45, 2.75) is 46.6 Å². The van der Waals surface area contributed by atoms with Gasteiger partial charge in [-0.2, -0.15) is 9.78 Å². The van der Waals surface area contributed by atoms with Gasteiger partial charge in [-0.15, -0.1) is 0 Å². The van der Waals surface area contributed by atoms with Gasteiger partial charge in [0.2, 0.25) is 0 Å². The van der Waals surface area contributed by atoms with Crippen LogP contribution < -0.4 is 10.4 Å². The molecule has 0 radical (unpaired) electrons. The fourth-order valence-corrected chi connectivity index (χ4v) is 2.55. The van der Waals surface area contributed by atoms with E-state index in [1.807, 2.05) is 20.8 Å². The molecule has 0 spiro atoms. The summed E-state index contributed by atoms with van der Waals surface area (Å²) in [5, 5.41) is 13.3. The molecule has 8 heteroatoms. The number of hydrogen-bond acceptors (Lipinski definition) is 4. The van der Waals surface area contributed by atoms with E-state index in [1.165, 1.54) is 10.6 Å². The molecule has 0 aliphatic heterocycles. The summed E-state index contributed by atoms with van der Waals surface area (Å²) in [6.45, 7) is 7.57. The molecule has 0 unspecified atom stereocenters. The molecule has 1 N–H and O–H groups in total. The molecule has 1 aromatic heterocycles. The van der Waals surface area contributed by atoms with Crippen molar-refractivity contribution in [1.82, 2.24) is 14.3 Å². The Kier molecular flexibility index (Phi) is 5.61. The number of rotatable bonds is 7. The standard InChI is InChI=1S/C17H22FN3O4/c1-5-6-7-25-15-9-14(13(18)8-12(15)16(22)23)21-17(24)20(10(2)3)11(4)19-21/h8-10H,5-7H2,1-4H3,(H,22,23). The number of hydrogen-bond donors (Lipinski definition) is 1. The van der Waals surface area contributed by atoms with Crippen molar-refractivity contribution in [1.29, 1.82) is 0 Å². The molecule has 7 nitrogen and oxygen atoms in total. The molecule has 0 saturated heterocycles. The lowest BCUT2D eigenvalue weighted by Crippen LogP contribution is -2.26. The van der Waals surface area contributed by atoms with Crippen molar-refractivity contribution in [2.75, 3.05) is 6.61 Å². The average molecular weight is 351 g/mol. The minimum atomic E-state index is -1.30. The van der Waals surface area contributed by atoms with Gasteiger partial charge in [-0.25, -0.2) is 14.0 Å². The van der Waals surface area contributed by atoms with Gasteiger partial charge in [-0.3, -0.25) is 4.57 Å². The summed E-state index contributed by atoms with van der Waals surface area (Å²) in [5.74, 6) is -1.69. The van der Waals surface area contributed by atoms with Crippen molar-refractivity contribution >= 4 is 5.97 Å². The first kappa shape index (κ1) is 18.7. The highest BCUT2D eigenvalue weighted by Gasteiger charge is 2.21. The van der Waals surface area contributed by atoms with E-state index in [2.05, 4.69) is 5.10 Å². The van der Waals surface area contributed by atoms with E-state index in [-0.39, 0.29) is 23.0 Å². The summed E-state index contributed by atoms with van der Waals surface area (Å²) >= 11 is 0. The van der Waals surface area contributed by atoms with Crippen LogP contribution in [-0.2, 0) is 0 Å². The van der Waals surface area contributed by atoms with Crippen molar-refractivity contribution in [3.63, 3.8) is 0 Å². The fourth-order valence-electron chi connectivity index (χ4n) is 2.55. The number of nitrogens with zero attached hydrogens (tertiary/aromatic N) is 3. The zero-order valence-corrected chi connectivity index (χ0v) is 14.7. The molecule has 0 aliphatic rings. The van der Waals surface area contributed by atoms with Gasteiger partial charge < -0.3 is 9.84 Å². The number of aromatic nitrogens is 3. The normalized spacial score (nSPS) is 11.1. The summed E-state index contributed by atoms with van der Waals surface area (Å²) < 4.78 is 22.3. The van der Waals surface area contributed by atoms with Gasteiger partial charge in [0.05, 0.1) is 6.61 Å². The largest absolute Gasteiger partial charge is 0.493 e. The number of carbonyl (C=O) groups is 1. The predicted molar refractivity (Wildman–Crippen MR) is 90.3 cm³/mol. The first-order valence-electron chi connectivity index (χ1n) is 8.16. The Bertz CT molecular complexity index is 839. The summed E-state index contributed by atoms with van der Waals surface area (Å²) in [4.78, 5) is 23.8. The molecule has 0 amide bonds. The first-order valence-corrected chi connectivity index (χ1v) is 8.16. The zero-order valence-electron chi connectivity index (χ0n) is 14.7. The third kappa shape index (κ3) is 3.72. The Balaban J connectivity index is 2.59. The SMILES string of the molecule is CCCCOc1cc(-n2nc(C)n(C(C)C)c2=O)c(F)cc1C(=O)O. The third-order valence-electron chi connectivity index (χ3n) is 3.76. The van der Waals surface area contributed by atoms with Gasteiger partial charge in [0, 0.05) is 12.1 Å². The van der Waals surface area contributed by atoms with E-state index >= 15 is 0 Å². The molecule has 2 rings (SSSR count). The summed E-state index contributed by atoms with van der Waals surface area (Å²) in [5.41, 5.74) is -0.914. The maximum absolute atomic E-state index is 14.5. The highest BCUT2D eigenvalue weighted by atomic mass is 19.1.